The maximum absolute atomic E-state index is 15.0. The third-order valence-electron chi connectivity index (χ3n) is 6.45. The van der Waals surface area contributed by atoms with Crippen molar-refractivity contribution in [2.45, 2.75) is 58.8 Å². The number of aryl methyl sites for hydroxylation is 1. The third kappa shape index (κ3) is 3.21. The first-order valence-corrected chi connectivity index (χ1v) is 10.5. The van der Waals surface area contributed by atoms with Gasteiger partial charge in [-0.25, -0.2) is 13.2 Å². The van der Waals surface area contributed by atoms with Gasteiger partial charge in [0.15, 0.2) is 23.2 Å². The van der Waals surface area contributed by atoms with Gasteiger partial charge in [-0.1, -0.05) is 39.5 Å². The molecule has 0 amide bonds. The maximum Gasteiger partial charge on any atom is 0.173 e. The molecule has 0 radical (unpaired) electrons. The SMILES string of the molecule is CCCC1CCC(COc2ccc3c(c2F)-c2c-3cc(CC)c(F)c2F)CC1. The Kier molecular flexibility index (Phi) is 5.39. The molecule has 4 heteroatoms. The van der Waals surface area contributed by atoms with Gasteiger partial charge in [-0.15, -0.1) is 0 Å². The van der Waals surface area contributed by atoms with E-state index in [-0.39, 0.29) is 16.9 Å². The van der Waals surface area contributed by atoms with Gasteiger partial charge in [0.2, 0.25) is 0 Å². The van der Waals surface area contributed by atoms with E-state index in [1.165, 1.54) is 25.7 Å². The molecule has 4 rings (SSSR count). The zero-order valence-electron chi connectivity index (χ0n) is 16.6. The molecule has 0 atom stereocenters. The van der Waals surface area contributed by atoms with Crippen molar-refractivity contribution in [2.75, 3.05) is 6.61 Å². The third-order valence-corrected chi connectivity index (χ3v) is 6.45. The predicted octanol–water partition coefficient (Wildman–Crippen LogP) is 7.30. The lowest BCUT2D eigenvalue weighted by Gasteiger charge is -2.29. The van der Waals surface area contributed by atoms with Gasteiger partial charge in [-0.05, 0) is 66.0 Å². The Bertz CT molecular complexity index is 882. The first-order valence-electron chi connectivity index (χ1n) is 10.5. The molecule has 28 heavy (non-hydrogen) atoms. The van der Waals surface area contributed by atoms with Crippen molar-refractivity contribution in [3.05, 3.63) is 41.2 Å². The number of ether oxygens (including phenoxy) is 1. The normalized spacial score (nSPS) is 20.3. The van der Waals surface area contributed by atoms with E-state index in [1.807, 2.05) is 0 Å². The van der Waals surface area contributed by atoms with Crippen molar-refractivity contribution in [1.82, 2.24) is 0 Å². The second-order valence-corrected chi connectivity index (χ2v) is 8.23. The monoisotopic (exact) mass is 388 g/mol. The highest BCUT2D eigenvalue weighted by Gasteiger charge is 2.34. The Morgan fingerprint density at radius 2 is 1.54 bits per heavy atom. The number of rotatable bonds is 6. The van der Waals surface area contributed by atoms with E-state index < -0.39 is 17.5 Å². The van der Waals surface area contributed by atoms with E-state index in [0.29, 0.717) is 35.6 Å². The Morgan fingerprint density at radius 1 is 0.857 bits per heavy atom. The van der Waals surface area contributed by atoms with Crippen LogP contribution in [0.2, 0.25) is 0 Å². The van der Waals surface area contributed by atoms with Crippen LogP contribution in [-0.2, 0) is 6.42 Å². The lowest BCUT2D eigenvalue weighted by atomic mass is 9.78. The number of hydrogen-bond acceptors (Lipinski definition) is 1. The molecule has 2 aliphatic carbocycles. The van der Waals surface area contributed by atoms with E-state index in [0.717, 1.165) is 18.8 Å². The van der Waals surface area contributed by atoms with Crippen LogP contribution in [0.4, 0.5) is 13.2 Å². The number of fused-ring (bicyclic) bond motifs is 4. The van der Waals surface area contributed by atoms with Crippen LogP contribution in [0.25, 0.3) is 22.3 Å². The Labute approximate surface area is 164 Å². The highest BCUT2D eigenvalue weighted by atomic mass is 19.2. The molecule has 0 aromatic heterocycles. The molecule has 0 saturated heterocycles. The number of halogens is 3. The molecule has 0 N–H and O–H groups in total. The van der Waals surface area contributed by atoms with Gasteiger partial charge < -0.3 is 4.74 Å². The summed E-state index contributed by atoms with van der Waals surface area (Å²) in [6.45, 7) is 4.48. The molecule has 1 fully saturated rings. The Hall–Kier alpha value is -1.97. The summed E-state index contributed by atoms with van der Waals surface area (Å²) in [6.07, 6.45) is 7.56. The molecule has 0 aliphatic heterocycles. The summed E-state index contributed by atoms with van der Waals surface area (Å²) in [5.41, 5.74) is 1.74. The van der Waals surface area contributed by atoms with Crippen molar-refractivity contribution in [1.29, 1.82) is 0 Å². The molecule has 2 aliphatic rings. The van der Waals surface area contributed by atoms with E-state index in [1.54, 1.807) is 25.1 Å². The van der Waals surface area contributed by atoms with Crippen molar-refractivity contribution in [2.24, 2.45) is 11.8 Å². The van der Waals surface area contributed by atoms with Gasteiger partial charge in [-0.3, -0.25) is 0 Å². The maximum atomic E-state index is 15.0. The molecule has 0 unspecified atom stereocenters. The zero-order chi connectivity index (χ0) is 19.8. The number of hydrogen-bond donors (Lipinski definition) is 0. The van der Waals surface area contributed by atoms with Crippen LogP contribution in [0.3, 0.4) is 0 Å². The Morgan fingerprint density at radius 3 is 2.21 bits per heavy atom. The van der Waals surface area contributed by atoms with Gasteiger partial charge >= 0.3 is 0 Å². The van der Waals surface area contributed by atoms with Crippen LogP contribution in [0.5, 0.6) is 5.75 Å². The molecule has 0 bridgehead atoms. The summed E-state index contributed by atoms with van der Waals surface area (Å²) in [6, 6.07) is 5.00. The van der Waals surface area contributed by atoms with Crippen molar-refractivity contribution in [3.8, 4) is 28.0 Å². The highest BCUT2D eigenvalue weighted by molar-refractivity contribution is 6.03. The molecule has 2 aromatic rings. The number of benzene rings is 2. The second-order valence-electron chi connectivity index (χ2n) is 8.23. The van der Waals surface area contributed by atoms with Gasteiger partial charge in [0.05, 0.1) is 6.61 Å². The predicted molar refractivity (Wildman–Crippen MR) is 106 cm³/mol. The molecule has 1 saturated carbocycles. The zero-order valence-corrected chi connectivity index (χ0v) is 16.6. The molecule has 2 aromatic carbocycles. The summed E-state index contributed by atoms with van der Waals surface area (Å²) in [5, 5.41) is 0. The second kappa shape index (κ2) is 7.81. The summed E-state index contributed by atoms with van der Waals surface area (Å²) >= 11 is 0. The van der Waals surface area contributed by atoms with Crippen LogP contribution in [0.15, 0.2) is 18.2 Å². The van der Waals surface area contributed by atoms with Gasteiger partial charge in [0, 0.05) is 11.1 Å². The lowest BCUT2D eigenvalue weighted by Crippen LogP contribution is -2.20. The fraction of sp³-hybridized carbons (Fsp3) is 0.500. The smallest absolute Gasteiger partial charge is 0.173 e. The van der Waals surface area contributed by atoms with Crippen molar-refractivity contribution < 1.29 is 17.9 Å². The van der Waals surface area contributed by atoms with E-state index in [4.69, 9.17) is 4.74 Å². The average Bonchev–Trinajstić information content (AvgIpc) is 2.69. The molecule has 0 spiro atoms. The topological polar surface area (TPSA) is 9.23 Å². The minimum atomic E-state index is -0.952. The fourth-order valence-corrected chi connectivity index (χ4v) is 4.77. The fourth-order valence-electron chi connectivity index (χ4n) is 4.77. The quantitative estimate of drug-likeness (QED) is 0.430. The van der Waals surface area contributed by atoms with E-state index in [2.05, 4.69) is 6.92 Å². The highest BCUT2D eigenvalue weighted by Crippen LogP contribution is 2.52. The van der Waals surface area contributed by atoms with Crippen molar-refractivity contribution >= 4 is 0 Å². The van der Waals surface area contributed by atoms with Gasteiger partial charge in [0.1, 0.15) is 0 Å². The van der Waals surface area contributed by atoms with Gasteiger partial charge in [-0.2, -0.15) is 0 Å². The van der Waals surface area contributed by atoms with Crippen LogP contribution in [0, 0.1) is 29.3 Å². The van der Waals surface area contributed by atoms with Crippen LogP contribution < -0.4 is 4.74 Å². The van der Waals surface area contributed by atoms with Crippen LogP contribution >= 0.6 is 0 Å². The molecule has 1 nitrogen and oxygen atoms in total. The lowest BCUT2D eigenvalue weighted by molar-refractivity contribution is 0.174. The van der Waals surface area contributed by atoms with Crippen LogP contribution in [0.1, 0.15) is 57.9 Å². The van der Waals surface area contributed by atoms with E-state index in [9.17, 15) is 13.2 Å². The van der Waals surface area contributed by atoms with Gasteiger partial charge in [0.25, 0.3) is 0 Å². The molecule has 0 heterocycles. The van der Waals surface area contributed by atoms with Crippen molar-refractivity contribution in [3.63, 3.8) is 0 Å². The summed E-state index contributed by atoms with van der Waals surface area (Å²) in [4.78, 5) is 0. The van der Waals surface area contributed by atoms with E-state index >= 15 is 0 Å². The minimum absolute atomic E-state index is 0.0488. The molecular formula is C24H27F3O. The summed E-state index contributed by atoms with van der Waals surface area (Å²) in [7, 11) is 0. The molecular weight excluding hydrogens is 361 g/mol. The largest absolute Gasteiger partial charge is 0.490 e. The first kappa shape index (κ1) is 19.4. The first-order chi connectivity index (χ1) is 13.5. The summed E-state index contributed by atoms with van der Waals surface area (Å²) < 4.78 is 49.4. The Balaban J connectivity index is 1.49. The summed E-state index contributed by atoms with van der Waals surface area (Å²) in [5.74, 6) is -1.01. The minimum Gasteiger partial charge on any atom is -0.490 e. The molecule has 150 valence electrons. The average molecular weight is 388 g/mol. The van der Waals surface area contributed by atoms with Crippen LogP contribution in [-0.4, -0.2) is 6.61 Å². The standard InChI is InChI=1S/C24H27F3O/c1-3-5-14-6-8-15(9-7-14)13-28-19-11-10-17-18-12-16(4-2)22(25)24(27)21(18)20(17)23(19)26/h10-12,14-15H,3-9,13H2,1-2H3.